The molecular formula is C8H14N2O5. The Kier molecular flexibility index (Phi) is 4.01. The van der Waals surface area contributed by atoms with E-state index in [0.29, 0.717) is 6.54 Å². The van der Waals surface area contributed by atoms with Crippen molar-refractivity contribution < 1.29 is 24.9 Å². The first-order chi connectivity index (χ1) is 7.04. The van der Waals surface area contributed by atoms with Gasteiger partial charge >= 0.3 is 5.97 Å². The van der Waals surface area contributed by atoms with Gasteiger partial charge in [0, 0.05) is 6.54 Å². The predicted molar refractivity (Wildman–Crippen MR) is 49.1 cm³/mol. The number of carboxylic acid groups (broad SMARTS) is 1. The largest absolute Gasteiger partial charge is 0.480 e. The summed E-state index contributed by atoms with van der Waals surface area (Å²) in [6.45, 7) is -0.342. The molecule has 7 nitrogen and oxygen atoms in total. The van der Waals surface area contributed by atoms with E-state index in [1.807, 2.05) is 0 Å². The first-order valence-electron chi connectivity index (χ1n) is 4.60. The lowest BCUT2D eigenvalue weighted by atomic mass is 10.2. The number of β-amino-alcohol motifs (C(OH)–C–C–N with tert-alkyl or cyclic N) is 1. The molecule has 0 unspecified atom stereocenters. The van der Waals surface area contributed by atoms with Gasteiger partial charge in [0.05, 0.1) is 18.8 Å². The average Bonchev–Trinajstić information content (AvgIpc) is 2.60. The Bertz CT molecular complexity index is 257. The van der Waals surface area contributed by atoms with Crippen LogP contribution in [0, 0.1) is 0 Å². The highest BCUT2D eigenvalue weighted by molar-refractivity contribution is 5.87. The molecule has 7 heteroatoms. The van der Waals surface area contributed by atoms with Crippen LogP contribution in [0.15, 0.2) is 0 Å². The maximum absolute atomic E-state index is 11.4. The minimum atomic E-state index is -1.29. The molecular weight excluding hydrogens is 204 g/mol. The number of rotatable bonds is 4. The quantitative estimate of drug-likeness (QED) is 0.349. The SMILES string of the molecule is O=C(O)[C@H](CO)NC(=O)[C@@H]1C[C@@H](O)CN1. The van der Waals surface area contributed by atoms with Gasteiger partial charge in [0.25, 0.3) is 0 Å². The van der Waals surface area contributed by atoms with E-state index in [-0.39, 0.29) is 6.42 Å². The van der Waals surface area contributed by atoms with Crippen LogP contribution in [-0.2, 0) is 9.59 Å². The normalized spacial score (nSPS) is 27.3. The number of nitrogens with one attached hydrogen (secondary N) is 2. The molecule has 0 aromatic carbocycles. The summed E-state index contributed by atoms with van der Waals surface area (Å²) in [5, 5.41) is 31.3. The van der Waals surface area contributed by atoms with Crippen molar-refractivity contribution >= 4 is 11.9 Å². The zero-order chi connectivity index (χ0) is 11.4. The minimum Gasteiger partial charge on any atom is -0.480 e. The molecule has 0 aromatic heterocycles. The average molecular weight is 218 g/mol. The second kappa shape index (κ2) is 5.06. The maximum Gasteiger partial charge on any atom is 0.328 e. The number of aliphatic carboxylic acids is 1. The van der Waals surface area contributed by atoms with Gasteiger partial charge < -0.3 is 26.0 Å². The number of carboxylic acids is 1. The number of carbonyl (C=O) groups excluding carboxylic acids is 1. The van der Waals surface area contributed by atoms with Crippen LogP contribution < -0.4 is 10.6 Å². The summed E-state index contributed by atoms with van der Waals surface area (Å²) in [7, 11) is 0. The lowest BCUT2D eigenvalue weighted by molar-refractivity contribution is -0.143. The second-order valence-corrected chi connectivity index (χ2v) is 3.43. The van der Waals surface area contributed by atoms with Gasteiger partial charge in [-0.2, -0.15) is 0 Å². The third-order valence-electron chi connectivity index (χ3n) is 2.22. The fraction of sp³-hybridized carbons (Fsp3) is 0.750. The smallest absolute Gasteiger partial charge is 0.328 e. The summed E-state index contributed by atoms with van der Waals surface area (Å²) < 4.78 is 0. The van der Waals surface area contributed by atoms with Crippen LogP contribution in [-0.4, -0.2) is 58.5 Å². The van der Waals surface area contributed by atoms with Crippen LogP contribution in [0.1, 0.15) is 6.42 Å². The van der Waals surface area contributed by atoms with Crippen molar-refractivity contribution in [2.45, 2.75) is 24.6 Å². The molecule has 86 valence electrons. The first kappa shape index (κ1) is 11.9. The van der Waals surface area contributed by atoms with E-state index in [2.05, 4.69) is 10.6 Å². The number of hydrogen-bond donors (Lipinski definition) is 5. The Morgan fingerprint density at radius 2 is 2.20 bits per heavy atom. The standard InChI is InChI=1S/C8H14N2O5/c11-3-6(8(14)15)10-7(13)5-1-4(12)2-9-5/h4-6,9,11-12H,1-3H2,(H,10,13)(H,14,15)/t4-,5+,6+/m1/s1. The predicted octanol–water partition coefficient (Wildman–Crippen LogP) is -2.73. The van der Waals surface area contributed by atoms with E-state index < -0.39 is 36.7 Å². The van der Waals surface area contributed by atoms with Gasteiger partial charge in [0.1, 0.15) is 6.04 Å². The number of aliphatic hydroxyl groups excluding tert-OH is 2. The van der Waals surface area contributed by atoms with E-state index >= 15 is 0 Å². The van der Waals surface area contributed by atoms with Gasteiger partial charge in [-0.05, 0) is 6.42 Å². The van der Waals surface area contributed by atoms with Crippen LogP contribution in [0.2, 0.25) is 0 Å². The summed E-state index contributed by atoms with van der Waals surface area (Å²) in [5.41, 5.74) is 0. The van der Waals surface area contributed by atoms with Crippen LogP contribution in [0.25, 0.3) is 0 Å². The Hall–Kier alpha value is -1.18. The van der Waals surface area contributed by atoms with Crippen LogP contribution in [0.3, 0.4) is 0 Å². The zero-order valence-corrected chi connectivity index (χ0v) is 8.01. The van der Waals surface area contributed by atoms with Gasteiger partial charge in [0.15, 0.2) is 0 Å². The lowest BCUT2D eigenvalue weighted by Crippen LogP contribution is -2.49. The maximum atomic E-state index is 11.4. The van der Waals surface area contributed by atoms with Gasteiger partial charge in [-0.15, -0.1) is 0 Å². The molecule has 1 rings (SSSR count). The zero-order valence-electron chi connectivity index (χ0n) is 8.01. The van der Waals surface area contributed by atoms with E-state index in [0.717, 1.165) is 0 Å². The molecule has 0 aliphatic carbocycles. The van der Waals surface area contributed by atoms with Crippen LogP contribution in [0.4, 0.5) is 0 Å². The molecule has 0 bridgehead atoms. The van der Waals surface area contributed by atoms with Gasteiger partial charge in [-0.3, -0.25) is 4.79 Å². The van der Waals surface area contributed by atoms with E-state index in [4.69, 9.17) is 15.3 Å². The Labute approximate surface area is 86.1 Å². The summed E-state index contributed by atoms with van der Waals surface area (Å²) in [6, 6.07) is -1.88. The van der Waals surface area contributed by atoms with Crippen molar-refractivity contribution in [1.82, 2.24) is 10.6 Å². The summed E-state index contributed by atoms with van der Waals surface area (Å²) in [5.74, 6) is -1.81. The molecule has 0 aromatic rings. The molecule has 0 spiro atoms. The Morgan fingerprint density at radius 3 is 2.60 bits per heavy atom. The topological polar surface area (TPSA) is 119 Å². The van der Waals surface area contributed by atoms with Crippen molar-refractivity contribution in [3.05, 3.63) is 0 Å². The highest BCUT2D eigenvalue weighted by atomic mass is 16.4. The number of carbonyl (C=O) groups is 2. The van der Waals surface area contributed by atoms with E-state index in [1.54, 1.807) is 0 Å². The molecule has 0 radical (unpaired) electrons. The molecule has 5 N–H and O–H groups in total. The molecule has 1 heterocycles. The molecule has 1 saturated heterocycles. The Balaban J connectivity index is 2.44. The van der Waals surface area contributed by atoms with Gasteiger partial charge in [-0.25, -0.2) is 4.79 Å². The summed E-state index contributed by atoms with van der Waals surface area (Å²) >= 11 is 0. The number of hydrogen-bond acceptors (Lipinski definition) is 5. The highest BCUT2D eigenvalue weighted by Gasteiger charge is 2.30. The summed E-state index contributed by atoms with van der Waals surface area (Å²) in [6.07, 6.45) is -0.331. The fourth-order valence-electron chi connectivity index (χ4n) is 1.37. The van der Waals surface area contributed by atoms with Crippen LogP contribution in [0.5, 0.6) is 0 Å². The molecule has 1 amide bonds. The highest BCUT2D eigenvalue weighted by Crippen LogP contribution is 2.06. The van der Waals surface area contributed by atoms with Crippen molar-refractivity contribution in [2.75, 3.05) is 13.2 Å². The van der Waals surface area contributed by atoms with Crippen LogP contribution >= 0.6 is 0 Å². The van der Waals surface area contributed by atoms with E-state index in [9.17, 15) is 9.59 Å². The number of amides is 1. The third-order valence-corrected chi connectivity index (χ3v) is 2.22. The molecule has 1 aliphatic heterocycles. The van der Waals surface area contributed by atoms with Crippen molar-refractivity contribution in [3.8, 4) is 0 Å². The second-order valence-electron chi connectivity index (χ2n) is 3.43. The lowest BCUT2D eigenvalue weighted by Gasteiger charge is -2.15. The van der Waals surface area contributed by atoms with E-state index in [1.165, 1.54) is 0 Å². The van der Waals surface area contributed by atoms with Crippen molar-refractivity contribution in [2.24, 2.45) is 0 Å². The summed E-state index contributed by atoms with van der Waals surface area (Å²) in [4.78, 5) is 21.9. The van der Waals surface area contributed by atoms with Gasteiger partial charge in [0.2, 0.25) is 5.91 Å². The van der Waals surface area contributed by atoms with Gasteiger partial charge in [-0.1, -0.05) is 0 Å². The third kappa shape index (κ3) is 3.15. The molecule has 1 aliphatic rings. The monoisotopic (exact) mass is 218 g/mol. The van der Waals surface area contributed by atoms with Crippen molar-refractivity contribution in [1.29, 1.82) is 0 Å². The molecule has 3 atom stereocenters. The molecule has 15 heavy (non-hydrogen) atoms. The molecule has 0 saturated carbocycles. The first-order valence-corrected chi connectivity index (χ1v) is 4.60. The number of aliphatic hydroxyl groups is 2. The van der Waals surface area contributed by atoms with Crippen molar-refractivity contribution in [3.63, 3.8) is 0 Å². The minimum absolute atomic E-state index is 0.254. The molecule has 1 fully saturated rings. The fourth-order valence-corrected chi connectivity index (χ4v) is 1.37. The Morgan fingerprint density at radius 1 is 1.53 bits per heavy atom.